The SMILES string of the molecule is COc1c(-c2ccc3cc(NS(C)(=O)=O)ccc3c2)cc(N2CCC(=O)CC2=O)c2c1C(C)(C)CO2. The minimum Gasteiger partial charge on any atom is -0.496 e. The van der Waals surface area contributed by atoms with Crippen LogP contribution < -0.4 is 19.1 Å². The Morgan fingerprint density at radius 3 is 2.47 bits per heavy atom. The Bertz CT molecular complexity index is 1530. The van der Waals surface area contributed by atoms with E-state index in [0.29, 0.717) is 42.4 Å². The number of ketones is 1. The third-order valence-electron chi connectivity index (χ3n) is 6.68. The van der Waals surface area contributed by atoms with E-state index in [0.717, 1.165) is 33.7 Å². The van der Waals surface area contributed by atoms with Crippen LogP contribution in [0.15, 0.2) is 42.5 Å². The summed E-state index contributed by atoms with van der Waals surface area (Å²) < 4.78 is 37.8. The second kappa shape index (κ2) is 8.51. The molecule has 36 heavy (non-hydrogen) atoms. The number of nitrogens with one attached hydrogen (secondary N) is 1. The summed E-state index contributed by atoms with van der Waals surface area (Å²) in [6, 6.07) is 13.2. The van der Waals surface area contributed by atoms with Crippen LogP contribution in [0.5, 0.6) is 11.5 Å². The molecule has 1 N–H and O–H groups in total. The van der Waals surface area contributed by atoms with Crippen molar-refractivity contribution in [3.05, 3.63) is 48.0 Å². The molecule has 3 aromatic rings. The molecule has 8 nitrogen and oxygen atoms in total. The molecule has 0 bridgehead atoms. The average molecular weight is 509 g/mol. The number of fused-ring (bicyclic) bond motifs is 2. The highest BCUT2D eigenvalue weighted by Gasteiger charge is 2.41. The summed E-state index contributed by atoms with van der Waals surface area (Å²) in [5.74, 6) is 1.02. The number of anilines is 2. The van der Waals surface area contributed by atoms with Gasteiger partial charge in [-0.25, -0.2) is 8.42 Å². The van der Waals surface area contributed by atoms with Gasteiger partial charge >= 0.3 is 0 Å². The highest BCUT2D eigenvalue weighted by Crippen LogP contribution is 2.53. The fraction of sp³-hybridized carbons (Fsp3) is 0.333. The Morgan fingerprint density at radius 1 is 1.06 bits per heavy atom. The van der Waals surface area contributed by atoms with E-state index in [1.165, 1.54) is 0 Å². The molecule has 0 atom stereocenters. The number of nitrogens with zero attached hydrogens (tertiary/aromatic N) is 1. The van der Waals surface area contributed by atoms with Crippen molar-refractivity contribution in [3.63, 3.8) is 0 Å². The number of carbonyl (C=O) groups is 2. The lowest BCUT2D eigenvalue weighted by Crippen LogP contribution is -2.39. The van der Waals surface area contributed by atoms with Crippen molar-refractivity contribution in [2.45, 2.75) is 32.1 Å². The number of sulfonamides is 1. The molecule has 188 valence electrons. The van der Waals surface area contributed by atoms with E-state index in [1.807, 2.05) is 30.3 Å². The van der Waals surface area contributed by atoms with Crippen LogP contribution in [0.2, 0.25) is 0 Å². The monoisotopic (exact) mass is 508 g/mol. The van der Waals surface area contributed by atoms with Gasteiger partial charge in [0.25, 0.3) is 0 Å². The summed E-state index contributed by atoms with van der Waals surface area (Å²) in [7, 11) is -1.75. The predicted molar refractivity (Wildman–Crippen MR) is 140 cm³/mol. The molecule has 9 heteroatoms. The molecule has 0 unspecified atom stereocenters. The van der Waals surface area contributed by atoms with Gasteiger partial charge in [0.1, 0.15) is 11.5 Å². The molecule has 3 aromatic carbocycles. The third-order valence-corrected chi connectivity index (χ3v) is 7.29. The topological polar surface area (TPSA) is 102 Å². The summed E-state index contributed by atoms with van der Waals surface area (Å²) in [5, 5.41) is 1.80. The number of rotatable bonds is 5. The summed E-state index contributed by atoms with van der Waals surface area (Å²) in [5.41, 5.74) is 3.40. The zero-order chi connectivity index (χ0) is 25.8. The number of benzene rings is 3. The number of hydrogen-bond acceptors (Lipinski definition) is 6. The maximum atomic E-state index is 12.8. The molecule has 0 aromatic heterocycles. The first-order valence-corrected chi connectivity index (χ1v) is 13.6. The maximum Gasteiger partial charge on any atom is 0.234 e. The Hall–Kier alpha value is -3.59. The van der Waals surface area contributed by atoms with Crippen molar-refractivity contribution in [1.82, 2.24) is 0 Å². The first kappa shape index (κ1) is 24.1. The molecule has 2 heterocycles. The van der Waals surface area contributed by atoms with E-state index in [2.05, 4.69) is 18.6 Å². The molecule has 0 radical (unpaired) electrons. The maximum absolute atomic E-state index is 12.8. The second-order valence-electron chi connectivity index (χ2n) is 10.0. The van der Waals surface area contributed by atoms with Gasteiger partial charge < -0.3 is 14.4 Å². The van der Waals surface area contributed by atoms with Crippen molar-refractivity contribution in [2.24, 2.45) is 0 Å². The van der Waals surface area contributed by atoms with Gasteiger partial charge in [-0.05, 0) is 40.6 Å². The number of methoxy groups -OCH3 is 1. The molecule has 1 amide bonds. The smallest absolute Gasteiger partial charge is 0.234 e. The molecule has 1 fully saturated rings. The fourth-order valence-corrected chi connectivity index (χ4v) is 5.56. The van der Waals surface area contributed by atoms with Gasteiger partial charge in [0.05, 0.1) is 32.1 Å². The standard InChI is InChI=1S/C27H28N2O6S/c1-27(2)15-35-26-22(29-10-9-20(30)13-23(29)31)14-21(25(34-3)24(26)27)18-6-5-17-12-19(28-36(4,32)33)8-7-16(17)11-18/h5-8,11-12,14,28H,9-10,13,15H2,1-4H3. The summed E-state index contributed by atoms with van der Waals surface area (Å²) >= 11 is 0. The van der Waals surface area contributed by atoms with Gasteiger partial charge in [-0.1, -0.05) is 32.0 Å². The Morgan fingerprint density at radius 2 is 1.78 bits per heavy atom. The van der Waals surface area contributed by atoms with Gasteiger partial charge in [0.2, 0.25) is 15.9 Å². The molecular weight excluding hydrogens is 480 g/mol. The first-order chi connectivity index (χ1) is 17.0. The average Bonchev–Trinajstić information content (AvgIpc) is 3.12. The number of amides is 1. The molecule has 0 spiro atoms. The van der Waals surface area contributed by atoms with E-state index in [1.54, 1.807) is 24.1 Å². The quantitative estimate of drug-likeness (QED) is 0.517. The first-order valence-electron chi connectivity index (χ1n) is 11.7. The number of piperidine rings is 1. The largest absolute Gasteiger partial charge is 0.496 e. The molecule has 1 saturated heterocycles. The van der Waals surface area contributed by atoms with Crippen LogP contribution in [0.4, 0.5) is 11.4 Å². The second-order valence-corrected chi connectivity index (χ2v) is 11.8. The van der Waals surface area contributed by atoms with Crippen LogP contribution in [0.3, 0.4) is 0 Å². The van der Waals surface area contributed by atoms with E-state index >= 15 is 0 Å². The van der Waals surface area contributed by atoms with Crippen LogP contribution in [-0.4, -0.2) is 46.6 Å². The number of carbonyl (C=O) groups excluding carboxylic acids is 2. The molecule has 0 aliphatic carbocycles. The van der Waals surface area contributed by atoms with Gasteiger partial charge in [-0.3, -0.25) is 14.3 Å². The number of ether oxygens (including phenoxy) is 2. The van der Waals surface area contributed by atoms with Crippen molar-refractivity contribution in [3.8, 4) is 22.6 Å². The lowest BCUT2D eigenvalue weighted by Gasteiger charge is -2.29. The van der Waals surface area contributed by atoms with Crippen molar-refractivity contribution in [1.29, 1.82) is 0 Å². The van der Waals surface area contributed by atoms with E-state index in [9.17, 15) is 18.0 Å². The highest BCUT2D eigenvalue weighted by molar-refractivity contribution is 7.92. The van der Waals surface area contributed by atoms with Gasteiger partial charge in [-0.15, -0.1) is 0 Å². The van der Waals surface area contributed by atoms with Crippen LogP contribution in [0, 0.1) is 0 Å². The molecule has 5 rings (SSSR count). The van der Waals surface area contributed by atoms with Gasteiger partial charge in [0.15, 0.2) is 5.75 Å². The zero-order valence-electron chi connectivity index (χ0n) is 20.7. The van der Waals surface area contributed by atoms with Gasteiger partial charge in [0, 0.05) is 35.2 Å². The van der Waals surface area contributed by atoms with Crippen molar-refractivity contribution < 1.29 is 27.5 Å². The van der Waals surface area contributed by atoms with Crippen molar-refractivity contribution in [2.75, 3.05) is 36.1 Å². The van der Waals surface area contributed by atoms with E-state index in [-0.39, 0.29) is 23.5 Å². The van der Waals surface area contributed by atoms with Crippen LogP contribution >= 0.6 is 0 Å². The number of Topliss-reactive ketones (excluding diaryl/α,β-unsaturated/α-hetero) is 1. The molecular formula is C27H28N2O6S. The Kier molecular flexibility index (Phi) is 5.70. The third kappa shape index (κ3) is 4.28. The van der Waals surface area contributed by atoms with Crippen LogP contribution in [0.25, 0.3) is 21.9 Å². The Balaban J connectivity index is 1.67. The lowest BCUT2D eigenvalue weighted by molar-refractivity contribution is -0.128. The molecule has 2 aliphatic heterocycles. The van der Waals surface area contributed by atoms with Crippen molar-refractivity contribution >= 4 is 43.9 Å². The highest BCUT2D eigenvalue weighted by atomic mass is 32.2. The Labute approximate surface area is 210 Å². The molecule has 2 aliphatic rings. The van der Waals surface area contributed by atoms with Crippen LogP contribution in [0.1, 0.15) is 32.3 Å². The summed E-state index contributed by atoms with van der Waals surface area (Å²) in [4.78, 5) is 26.4. The van der Waals surface area contributed by atoms with E-state index < -0.39 is 10.0 Å². The zero-order valence-corrected chi connectivity index (χ0v) is 21.5. The fourth-order valence-electron chi connectivity index (χ4n) is 5.01. The minimum atomic E-state index is -3.38. The minimum absolute atomic E-state index is 0.0536. The van der Waals surface area contributed by atoms with Crippen LogP contribution in [-0.2, 0) is 25.0 Å². The predicted octanol–water partition coefficient (Wildman–Crippen LogP) is 4.25. The normalized spacial score (nSPS) is 17.2. The molecule has 0 saturated carbocycles. The van der Waals surface area contributed by atoms with Gasteiger partial charge in [-0.2, -0.15) is 0 Å². The lowest BCUT2D eigenvalue weighted by atomic mass is 9.83. The van der Waals surface area contributed by atoms with E-state index in [4.69, 9.17) is 9.47 Å². The summed E-state index contributed by atoms with van der Waals surface area (Å²) in [6.07, 6.45) is 1.32. The number of hydrogen-bond donors (Lipinski definition) is 1. The summed E-state index contributed by atoms with van der Waals surface area (Å²) in [6.45, 7) is 4.91.